The van der Waals surface area contributed by atoms with E-state index in [-0.39, 0.29) is 6.04 Å². The number of thiocarbonyl (C=S) groups is 1. The molecule has 1 aromatic heterocycles. The molecular weight excluding hydrogens is 244 g/mol. The standard InChI is InChI=1S/C13H20N4S/c1-10-4-3-5-12(15-10)17-8-6-16(7-9-17)11(2)13(14)18/h3-5,11H,6-9H2,1-2H3,(H2,14,18). The zero-order valence-corrected chi connectivity index (χ0v) is 11.8. The number of pyridine rings is 1. The lowest BCUT2D eigenvalue weighted by Gasteiger charge is -2.38. The molecule has 0 aromatic carbocycles. The zero-order chi connectivity index (χ0) is 13.1. The van der Waals surface area contributed by atoms with Crippen molar-refractivity contribution in [2.75, 3.05) is 31.1 Å². The van der Waals surface area contributed by atoms with Gasteiger partial charge in [-0.15, -0.1) is 0 Å². The van der Waals surface area contributed by atoms with Gasteiger partial charge in [-0.1, -0.05) is 18.3 Å². The van der Waals surface area contributed by atoms with E-state index in [1.165, 1.54) is 0 Å². The lowest BCUT2D eigenvalue weighted by molar-refractivity contribution is 0.238. The molecule has 5 heteroatoms. The Bertz CT molecular complexity index is 427. The summed E-state index contributed by atoms with van der Waals surface area (Å²) < 4.78 is 0. The summed E-state index contributed by atoms with van der Waals surface area (Å²) in [5.74, 6) is 1.07. The highest BCUT2D eigenvalue weighted by Gasteiger charge is 2.22. The Morgan fingerprint density at radius 1 is 1.33 bits per heavy atom. The number of hydrogen-bond acceptors (Lipinski definition) is 4. The fourth-order valence-corrected chi connectivity index (χ4v) is 2.37. The molecule has 1 aromatic rings. The fourth-order valence-electron chi connectivity index (χ4n) is 2.22. The highest BCUT2D eigenvalue weighted by Crippen LogP contribution is 2.15. The van der Waals surface area contributed by atoms with Gasteiger partial charge in [0.05, 0.1) is 11.0 Å². The van der Waals surface area contributed by atoms with E-state index in [9.17, 15) is 0 Å². The van der Waals surface area contributed by atoms with E-state index in [1.807, 2.05) is 13.0 Å². The molecule has 2 N–H and O–H groups in total. The van der Waals surface area contributed by atoms with E-state index in [2.05, 4.69) is 33.8 Å². The Hall–Kier alpha value is -1.20. The molecule has 98 valence electrons. The summed E-state index contributed by atoms with van der Waals surface area (Å²) in [6.07, 6.45) is 0. The molecule has 2 rings (SSSR count). The van der Waals surface area contributed by atoms with Crippen molar-refractivity contribution in [3.63, 3.8) is 0 Å². The molecule has 1 fully saturated rings. The first-order valence-electron chi connectivity index (χ1n) is 6.30. The van der Waals surface area contributed by atoms with Crippen molar-refractivity contribution >= 4 is 23.0 Å². The molecule has 0 amide bonds. The van der Waals surface area contributed by atoms with Crippen LogP contribution in [0.1, 0.15) is 12.6 Å². The van der Waals surface area contributed by atoms with Crippen LogP contribution in [0.25, 0.3) is 0 Å². The predicted octanol–water partition coefficient (Wildman–Crippen LogP) is 1.19. The van der Waals surface area contributed by atoms with Gasteiger partial charge in [0.15, 0.2) is 0 Å². The first-order chi connectivity index (χ1) is 8.58. The molecule has 1 saturated heterocycles. The number of hydrogen-bond donors (Lipinski definition) is 1. The minimum absolute atomic E-state index is 0.188. The predicted molar refractivity (Wildman–Crippen MR) is 79.0 cm³/mol. The van der Waals surface area contributed by atoms with Crippen LogP contribution in [0.5, 0.6) is 0 Å². The summed E-state index contributed by atoms with van der Waals surface area (Å²) >= 11 is 5.05. The Morgan fingerprint density at radius 3 is 2.56 bits per heavy atom. The van der Waals surface area contributed by atoms with Crippen molar-refractivity contribution in [1.29, 1.82) is 0 Å². The average molecular weight is 264 g/mol. The summed E-state index contributed by atoms with van der Waals surface area (Å²) in [5.41, 5.74) is 6.76. The summed E-state index contributed by atoms with van der Waals surface area (Å²) in [6.45, 7) is 8.01. The van der Waals surface area contributed by atoms with E-state index in [4.69, 9.17) is 18.0 Å². The van der Waals surface area contributed by atoms with Crippen molar-refractivity contribution in [1.82, 2.24) is 9.88 Å². The largest absolute Gasteiger partial charge is 0.392 e. The molecule has 1 aliphatic rings. The summed E-state index contributed by atoms with van der Waals surface area (Å²) in [4.78, 5) is 9.78. The summed E-state index contributed by atoms with van der Waals surface area (Å²) in [6, 6.07) is 6.34. The van der Waals surface area contributed by atoms with Crippen molar-refractivity contribution < 1.29 is 0 Å². The van der Waals surface area contributed by atoms with Crippen LogP contribution in [0.15, 0.2) is 18.2 Å². The van der Waals surface area contributed by atoms with Crippen LogP contribution >= 0.6 is 12.2 Å². The lowest BCUT2D eigenvalue weighted by Crippen LogP contribution is -2.52. The minimum Gasteiger partial charge on any atom is -0.392 e. The maximum Gasteiger partial charge on any atom is 0.128 e. The maximum atomic E-state index is 5.70. The van der Waals surface area contributed by atoms with Crippen LogP contribution in [-0.4, -0.2) is 47.1 Å². The highest BCUT2D eigenvalue weighted by atomic mass is 32.1. The van der Waals surface area contributed by atoms with Gasteiger partial charge in [0.2, 0.25) is 0 Å². The second-order valence-corrected chi connectivity index (χ2v) is 5.21. The monoisotopic (exact) mass is 264 g/mol. The topological polar surface area (TPSA) is 45.4 Å². The number of nitrogens with zero attached hydrogens (tertiary/aromatic N) is 3. The van der Waals surface area contributed by atoms with Crippen LogP contribution in [-0.2, 0) is 0 Å². The van der Waals surface area contributed by atoms with E-state index in [0.717, 1.165) is 37.7 Å². The van der Waals surface area contributed by atoms with Gasteiger partial charge in [0.1, 0.15) is 5.82 Å². The normalized spacial score (nSPS) is 18.7. The smallest absolute Gasteiger partial charge is 0.128 e. The molecule has 4 nitrogen and oxygen atoms in total. The second kappa shape index (κ2) is 5.63. The van der Waals surface area contributed by atoms with Crippen LogP contribution in [0.4, 0.5) is 5.82 Å². The number of aryl methyl sites for hydroxylation is 1. The third-order valence-corrected chi connectivity index (χ3v) is 3.81. The van der Waals surface area contributed by atoms with Gasteiger partial charge in [-0.25, -0.2) is 4.98 Å². The molecule has 1 aliphatic heterocycles. The Kier molecular flexibility index (Phi) is 4.14. The number of aromatic nitrogens is 1. The molecular formula is C13H20N4S. The van der Waals surface area contributed by atoms with Gasteiger partial charge < -0.3 is 10.6 Å². The molecule has 18 heavy (non-hydrogen) atoms. The van der Waals surface area contributed by atoms with Crippen molar-refractivity contribution in [3.8, 4) is 0 Å². The quantitative estimate of drug-likeness (QED) is 0.831. The Labute approximate surface area is 114 Å². The van der Waals surface area contributed by atoms with Crippen molar-refractivity contribution in [2.24, 2.45) is 5.73 Å². The first kappa shape index (κ1) is 13.2. The van der Waals surface area contributed by atoms with Gasteiger partial charge in [-0.05, 0) is 26.0 Å². The molecule has 0 radical (unpaired) electrons. The summed E-state index contributed by atoms with van der Waals surface area (Å²) in [5, 5.41) is 0. The van der Waals surface area contributed by atoms with E-state index < -0.39 is 0 Å². The van der Waals surface area contributed by atoms with Gasteiger partial charge in [0.25, 0.3) is 0 Å². The average Bonchev–Trinajstić information content (AvgIpc) is 2.38. The van der Waals surface area contributed by atoms with Gasteiger partial charge in [-0.2, -0.15) is 0 Å². The zero-order valence-electron chi connectivity index (χ0n) is 11.0. The molecule has 2 heterocycles. The molecule has 1 atom stereocenters. The molecule has 0 bridgehead atoms. The molecule has 0 saturated carbocycles. The fraction of sp³-hybridized carbons (Fsp3) is 0.538. The van der Waals surface area contributed by atoms with E-state index in [0.29, 0.717) is 4.99 Å². The number of nitrogens with two attached hydrogens (primary N) is 1. The lowest BCUT2D eigenvalue weighted by atomic mass is 10.2. The number of piperazine rings is 1. The molecule has 1 unspecified atom stereocenters. The SMILES string of the molecule is Cc1cccc(N2CCN(C(C)C(N)=S)CC2)n1. The summed E-state index contributed by atoms with van der Waals surface area (Å²) in [7, 11) is 0. The second-order valence-electron chi connectivity index (χ2n) is 4.74. The third-order valence-electron chi connectivity index (χ3n) is 3.47. The van der Waals surface area contributed by atoms with E-state index in [1.54, 1.807) is 0 Å². The highest BCUT2D eigenvalue weighted by molar-refractivity contribution is 7.80. The van der Waals surface area contributed by atoms with Gasteiger partial charge in [0, 0.05) is 31.9 Å². The molecule has 0 spiro atoms. The van der Waals surface area contributed by atoms with Crippen LogP contribution in [0.3, 0.4) is 0 Å². The van der Waals surface area contributed by atoms with Crippen LogP contribution < -0.4 is 10.6 Å². The first-order valence-corrected chi connectivity index (χ1v) is 6.71. The van der Waals surface area contributed by atoms with Crippen LogP contribution in [0.2, 0.25) is 0 Å². The minimum atomic E-state index is 0.188. The van der Waals surface area contributed by atoms with Crippen molar-refractivity contribution in [3.05, 3.63) is 23.9 Å². The van der Waals surface area contributed by atoms with Crippen molar-refractivity contribution in [2.45, 2.75) is 19.9 Å². The molecule has 0 aliphatic carbocycles. The Morgan fingerprint density at radius 2 is 2.00 bits per heavy atom. The Balaban J connectivity index is 1.96. The van der Waals surface area contributed by atoms with Crippen LogP contribution in [0, 0.1) is 6.92 Å². The van der Waals surface area contributed by atoms with E-state index >= 15 is 0 Å². The number of rotatable bonds is 3. The van der Waals surface area contributed by atoms with Gasteiger partial charge >= 0.3 is 0 Å². The maximum absolute atomic E-state index is 5.70. The number of anilines is 1. The van der Waals surface area contributed by atoms with Gasteiger partial charge in [-0.3, -0.25) is 4.90 Å². The third kappa shape index (κ3) is 2.97.